The van der Waals surface area contributed by atoms with Crippen LogP contribution in [-0.4, -0.2) is 27.4 Å². The molecule has 132 valence electrons. The molecule has 0 spiro atoms. The fourth-order valence-electron chi connectivity index (χ4n) is 2.64. The standard InChI is InChI=1S/C18H17F3N2O2/c1-12-6-2-5-9-16(12)25-11-13(24)10-23-15-8-4-3-7-14(15)22-17(23)18(19,20)21/h2-9,13,24H,10-11H2,1H3/t13-/m0/s1. The van der Waals surface area contributed by atoms with Crippen LogP contribution in [0.25, 0.3) is 11.0 Å². The second-order valence-electron chi connectivity index (χ2n) is 5.76. The maximum Gasteiger partial charge on any atom is 0.449 e. The van der Waals surface area contributed by atoms with E-state index in [1.807, 2.05) is 19.1 Å². The highest BCUT2D eigenvalue weighted by atomic mass is 19.4. The number of ether oxygens (including phenoxy) is 1. The third-order valence-electron chi connectivity index (χ3n) is 3.83. The number of aliphatic hydroxyl groups excluding tert-OH is 1. The van der Waals surface area contributed by atoms with E-state index in [1.165, 1.54) is 6.07 Å². The summed E-state index contributed by atoms with van der Waals surface area (Å²) >= 11 is 0. The van der Waals surface area contributed by atoms with Crippen molar-refractivity contribution in [1.29, 1.82) is 0 Å². The Morgan fingerprint density at radius 1 is 1.12 bits per heavy atom. The smallest absolute Gasteiger partial charge is 0.449 e. The summed E-state index contributed by atoms with van der Waals surface area (Å²) in [5, 5.41) is 10.2. The molecule has 0 aliphatic rings. The van der Waals surface area contributed by atoms with Crippen LogP contribution < -0.4 is 4.74 Å². The lowest BCUT2D eigenvalue weighted by Gasteiger charge is -2.17. The molecule has 1 heterocycles. The molecule has 7 heteroatoms. The van der Waals surface area contributed by atoms with E-state index in [0.29, 0.717) is 11.3 Å². The van der Waals surface area contributed by atoms with Gasteiger partial charge in [-0.1, -0.05) is 30.3 Å². The number of aryl methyl sites for hydroxylation is 1. The molecule has 0 amide bonds. The molecule has 0 saturated carbocycles. The van der Waals surface area contributed by atoms with E-state index in [1.54, 1.807) is 30.3 Å². The molecule has 4 nitrogen and oxygen atoms in total. The zero-order valence-electron chi connectivity index (χ0n) is 13.5. The Bertz CT molecular complexity index is 874. The molecule has 0 radical (unpaired) electrons. The van der Waals surface area contributed by atoms with Crippen molar-refractivity contribution in [3.8, 4) is 5.75 Å². The van der Waals surface area contributed by atoms with Gasteiger partial charge in [0.2, 0.25) is 5.82 Å². The molecular formula is C18H17F3N2O2. The number of hydrogen-bond donors (Lipinski definition) is 1. The maximum absolute atomic E-state index is 13.2. The van der Waals surface area contributed by atoms with Crippen LogP contribution in [0.2, 0.25) is 0 Å². The second kappa shape index (κ2) is 6.76. The Kier molecular flexibility index (Phi) is 4.67. The first-order chi connectivity index (χ1) is 11.9. The van der Waals surface area contributed by atoms with Crippen LogP contribution in [-0.2, 0) is 12.7 Å². The van der Waals surface area contributed by atoms with Crippen molar-refractivity contribution in [1.82, 2.24) is 9.55 Å². The number of hydrogen-bond acceptors (Lipinski definition) is 3. The van der Waals surface area contributed by atoms with E-state index in [-0.39, 0.29) is 18.7 Å². The highest BCUT2D eigenvalue weighted by molar-refractivity contribution is 5.76. The Labute approximate surface area is 142 Å². The van der Waals surface area contributed by atoms with Crippen LogP contribution in [0.1, 0.15) is 11.4 Å². The Morgan fingerprint density at radius 2 is 1.80 bits per heavy atom. The number of benzene rings is 2. The lowest BCUT2D eigenvalue weighted by atomic mass is 10.2. The van der Waals surface area contributed by atoms with E-state index in [9.17, 15) is 18.3 Å². The van der Waals surface area contributed by atoms with Crippen LogP contribution in [0.3, 0.4) is 0 Å². The Hall–Kier alpha value is -2.54. The fourth-order valence-corrected chi connectivity index (χ4v) is 2.64. The van der Waals surface area contributed by atoms with Crippen molar-refractivity contribution in [3.63, 3.8) is 0 Å². The van der Waals surface area contributed by atoms with Crippen molar-refractivity contribution in [2.24, 2.45) is 0 Å². The van der Waals surface area contributed by atoms with E-state index in [2.05, 4.69) is 4.98 Å². The van der Waals surface area contributed by atoms with Gasteiger partial charge < -0.3 is 14.4 Å². The maximum atomic E-state index is 13.2. The van der Waals surface area contributed by atoms with Gasteiger partial charge in [0, 0.05) is 0 Å². The van der Waals surface area contributed by atoms with Crippen molar-refractivity contribution in [2.45, 2.75) is 25.7 Å². The zero-order valence-corrected chi connectivity index (χ0v) is 13.5. The molecule has 0 aliphatic heterocycles. The number of rotatable bonds is 5. The molecule has 3 rings (SSSR count). The predicted molar refractivity (Wildman–Crippen MR) is 87.4 cm³/mol. The molecule has 0 saturated heterocycles. The lowest BCUT2D eigenvalue weighted by Crippen LogP contribution is -2.26. The molecular weight excluding hydrogens is 333 g/mol. The molecule has 0 fully saturated rings. The Morgan fingerprint density at radius 3 is 2.52 bits per heavy atom. The summed E-state index contributed by atoms with van der Waals surface area (Å²) in [6, 6.07) is 13.6. The number of halogens is 3. The highest BCUT2D eigenvalue weighted by Gasteiger charge is 2.37. The minimum absolute atomic E-state index is 0.116. The molecule has 1 N–H and O–H groups in total. The van der Waals surface area contributed by atoms with E-state index in [4.69, 9.17) is 4.74 Å². The van der Waals surface area contributed by atoms with Crippen molar-refractivity contribution < 1.29 is 23.0 Å². The lowest BCUT2D eigenvalue weighted by molar-refractivity contribution is -0.147. The molecule has 1 atom stereocenters. The quantitative estimate of drug-likeness (QED) is 0.761. The van der Waals surface area contributed by atoms with Crippen molar-refractivity contribution in [2.75, 3.05) is 6.61 Å². The van der Waals surface area contributed by atoms with Crippen LogP contribution in [0, 0.1) is 6.92 Å². The highest BCUT2D eigenvalue weighted by Crippen LogP contribution is 2.31. The number of aromatic nitrogens is 2. The largest absolute Gasteiger partial charge is 0.491 e. The van der Waals surface area contributed by atoms with Gasteiger partial charge in [-0.2, -0.15) is 13.2 Å². The molecule has 0 aliphatic carbocycles. The van der Waals surface area contributed by atoms with Gasteiger partial charge in [-0.3, -0.25) is 0 Å². The number of fused-ring (bicyclic) bond motifs is 1. The summed E-state index contributed by atoms with van der Waals surface area (Å²) in [5.74, 6) is -0.434. The minimum atomic E-state index is -4.60. The molecule has 0 unspecified atom stereocenters. The Balaban J connectivity index is 1.81. The van der Waals surface area contributed by atoms with Gasteiger partial charge in [0.25, 0.3) is 0 Å². The number of nitrogens with zero attached hydrogens (tertiary/aromatic N) is 2. The first-order valence-corrected chi connectivity index (χ1v) is 7.75. The normalized spacial score (nSPS) is 13.2. The summed E-state index contributed by atoms with van der Waals surface area (Å²) in [6.07, 6.45) is -5.71. The topological polar surface area (TPSA) is 47.3 Å². The number of aliphatic hydroxyl groups is 1. The fraction of sp³-hybridized carbons (Fsp3) is 0.278. The average molecular weight is 350 g/mol. The van der Waals surface area contributed by atoms with Gasteiger partial charge in [-0.25, -0.2) is 4.98 Å². The van der Waals surface area contributed by atoms with E-state index < -0.39 is 18.1 Å². The summed E-state index contributed by atoms with van der Waals surface area (Å²) in [6.45, 7) is 1.47. The zero-order chi connectivity index (χ0) is 18.0. The first-order valence-electron chi connectivity index (χ1n) is 7.75. The summed E-state index contributed by atoms with van der Waals surface area (Å²) < 4.78 is 46.2. The van der Waals surface area contributed by atoms with E-state index in [0.717, 1.165) is 10.1 Å². The van der Waals surface area contributed by atoms with Crippen molar-refractivity contribution >= 4 is 11.0 Å². The number of alkyl halides is 3. The minimum Gasteiger partial charge on any atom is -0.491 e. The van der Waals surface area contributed by atoms with Crippen LogP contribution >= 0.6 is 0 Å². The monoisotopic (exact) mass is 350 g/mol. The molecule has 0 bridgehead atoms. The predicted octanol–water partition coefficient (Wildman–Crippen LogP) is 3.80. The second-order valence-corrected chi connectivity index (χ2v) is 5.76. The molecule has 3 aromatic rings. The van der Waals surface area contributed by atoms with Gasteiger partial charge in [-0.05, 0) is 30.7 Å². The first kappa shape index (κ1) is 17.3. The molecule has 25 heavy (non-hydrogen) atoms. The molecule has 2 aromatic carbocycles. The third-order valence-corrected chi connectivity index (χ3v) is 3.83. The van der Waals surface area contributed by atoms with Gasteiger partial charge >= 0.3 is 6.18 Å². The average Bonchev–Trinajstić information content (AvgIpc) is 2.93. The van der Waals surface area contributed by atoms with Gasteiger partial charge in [0.15, 0.2) is 0 Å². The van der Waals surface area contributed by atoms with Crippen LogP contribution in [0.15, 0.2) is 48.5 Å². The van der Waals surface area contributed by atoms with Gasteiger partial charge in [0.05, 0.1) is 17.6 Å². The van der Waals surface area contributed by atoms with Crippen LogP contribution in [0.4, 0.5) is 13.2 Å². The SMILES string of the molecule is Cc1ccccc1OC[C@@H](O)Cn1c(C(F)(F)F)nc2ccccc21. The summed E-state index contributed by atoms with van der Waals surface area (Å²) in [5.41, 5.74) is 1.45. The van der Waals surface area contributed by atoms with Crippen molar-refractivity contribution in [3.05, 3.63) is 59.9 Å². The van der Waals surface area contributed by atoms with E-state index >= 15 is 0 Å². The number of para-hydroxylation sites is 3. The summed E-state index contributed by atoms with van der Waals surface area (Å²) in [4.78, 5) is 3.66. The number of imidazole rings is 1. The molecule has 1 aromatic heterocycles. The summed E-state index contributed by atoms with van der Waals surface area (Å²) in [7, 11) is 0. The van der Waals surface area contributed by atoms with Crippen LogP contribution in [0.5, 0.6) is 5.75 Å². The third kappa shape index (κ3) is 3.76. The van der Waals surface area contributed by atoms with Gasteiger partial charge in [0.1, 0.15) is 18.5 Å². The van der Waals surface area contributed by atoms with Gasteiger partial charge in [-0.15, -0.1) is 0 Å².